The molecule has 0 aliphatic heterocycles. The van der Waals surface area contributed by atoms with Gasteiger partial charge in [-0.25, -0.2) is 0 Å². The molecule has 0 saturated heterocycles. The van der Waals surface area contributed by atoms with Crippen molar-refractivity contribution in [3.05, 3.63) is 65.7 Å². The quantitative estimate of drug-likeness (QED) is 0.805. The fourth-order valence-corrected chi connectivity index (χ4v) is 1.91. The van der Waals surface area contributed by atoms with Crippen LogP contribution >= 0.6 is 0 Å². The maximum absolute atomic E-state index is 10.8. The van der Waals surface area contributed by atoms with E-state index in [0.717, 1.165) is 17.5 Å². The summed E-state index contributed by atoms with van der Waals surface area (Å²) in [5.74, 6) is 0. The highest BCUT2D eigenvalue weighted by Crippen LogP contribution is 2.21. The first-order valence-electron chi connectivity index (χ1n) is 6.11. The van der Waals surface area contributed by atoms with Crippen molar-refractivity contribution >= 4 is 12.0 Å². The topological polar surface area (TPSA) is 29.1 Å². The molecular weight excluding hydrogens is 222 g/mol. The van der Waals surface area contributed by atoms with Gasteiger partial charge in [-0.2, -0.15) is 0 Å². The van der Waals surface area contributed by atoms with Gasteiger partial charge in [-0.1, -0.05) is 48.0 Å². The summed E-state index contributed by atoms with van der Waals surface area (Å²) in [5.41, 5.74) is 3.40. The molecule has 1 atom stereocenters. The molecular formula is C16H17NO. The fourth-order valence-electron chi connectivity index (χ4n) is 1.91. The second kappa shape index (κ2) is 6.01. The second-order valence-electron chi connectivity index (χ2n) is 4.38. The molecule has 2 heteroatoms. The average Bonchev–Trinajstić information content (AvgIpc) is 2.42. The summed E-state index contributed by atoms with van der Waals surface area (Å²) in [5, 5.41) is 3.39. The van der Waals surface area contributed by atoms with Crippen LogP contribution in [0.3, 0.4) is 0 Å². The number of benzene rings is 2. The number of aryl methyl sites for hydroxylation is 1. The third-order valence-electron chi connectivity index (χ3n) is 2.93. The maximum atomic E-state index is 10.8. The van der Waals surface area contributed by atoms with Gasteiger partial charge >= 0.3 is 0 Å². The van der Waals surface area contributed by atoms with Crippen molar-refractivity contribution in [2.45, 2.75) is 19.4 Å². The third kappa shape index (κ3) is 3.20. The predicted molar refractivity (Wildman–Crippen MR) is 74.7 cm³/mol. The summed E-state index contributed by atoms with van der Waals surface area (Å²) in [4.78, 5) is 10.8. The Bertz CT molecular complexity index is 490. The minimum absolute atomic E-state index is 0.0337. The van der Waals surface area contributed by atoms with Gasteiger partial charge in [0.1, 0.15) is 6.29 Å². The van der Waals surface area contributed by atoms with Crippen LogP contribution in [0.5, 0.6) is 0 Å². The van der Waals surface area contributed by atoms with E-state index in [-0.39, 0.29) is 6.04 Å². The number of carbonyl (C=O) groups excluding carboxylic acids is 1. The monoisotopic (exact) mass is 239 g/mol. The Kier molecular flexibility index (Phi) is 4.13. The first-order chi connectivity index (χ1) is 8.79. The zero-order valence-corrected chi connectivity index (χ0v) is 10.5. The minimum Gasteiger partial charge on any atom is -0.378 e. The lowest BCUT2D eigenvalue weighted by Gasteiger charge is -2.18. The average molecular weight is 239 g/mol. The van der Waals surface area contributed by atoms with Gasteiger partial charge in [0.05, 0.1) is 6.04 Å². The Hall–Kier alpha value is -2.09. The molecule has 0 radical (unpaired) electrons. The van der Waals surface area contributed by atoms with Crippen LogP contribution in [0.4, 0.5) is 5.69 Å². The SMILES string of the molecule is Cc1ccc(N[C@H](CC=O)c2ccccc2)cc1. The number of hydrogen-bond acceptors (Lipinski definition) is 2. The smallest absolute Gasteiger partial charge is 0.122 e. The zero-order valence-electron chi connectivity index (χ0n) is 10.5. The molecule has 0 unspecified atom stereocenters. The van der Waals surface area contributed by atoms with Crippen LogP contribution in [0.2, 0.25) is 0 Å². The van der Waals surface area contributed by atoms with Gasteiger partial charge in [0.2, 0.25) is 0 Å². The van der Waals surface area contributed by atoms with E-state index in [1.807, 2.05) is 42.5 Å². The van der Waals surface area contributed by atoms with Crippen molar-refractivity contribution in [1.29, 1.82) is 0 Å². The van der Waals surface area contributed by atoms with Crippen LogP contribution in [0.1, 0.15) is 23.6 Å². The Morgan fingerprint density at radius 1 is 1.06 bits per heavy atom. The van der Waals surface area contributed by atoms with Gasteiger partial charge in [-0.15, -0.1) is 0 Å². The molecule has 0 fully saturated rings. The van der Waals surface area contributed by atoms with Gasteiger partial charge in [-0.3, -0.25) is 0 Å². The van der Waals surface area contributed by atoms with Crippen molar-refractivity contribution in [1.82, 2.24) is 0 Å². The Morgan fingerprint density at radius 2 is 1.72 bits per heavy atom. The van der Waals surface area contributed by atoms with Crippen molar-refractivity contribution < 1.29 is 4.79 Å². The van der Waals surface area contributed by atoms with Crippen molar-refractivity contribution in [2.24, 2.45) is 0 Å². The fraction of sp³-hybridized carbons (Fsp3) is 0.188. The van der Waals surface area contributed by atoms with Crippen LogP contribution in [0, 0.1) is 6.92 Å². The zero-order chi connectivity index (χ0) is 12.8. The van der Waals surface area contributed by atoms with Crippen LogP contribution in [-0.2, 0) is 4.79 Å². The lowest BCUT2D eigenvalue weighted by Crippen LogP contribution is -2.11. The van der Waals surface area contributed by atoms with E-state index in [1.165, 1.54) is 5.56 Å². The van der Waals surface area contributed by atoms with E-state index in [1.54, 1.807) is 0 Å². The van der Waals surface area contributed by atoms with E-state index in [2.05, 4.69) is 24.4 Å². The molecule has 0 heterocycles. The molecule has 0 saturated carbocycles. The molecule has 0 spiro atoms. The number of rotatable bonds is 5. The Labute approximate surface area is 108 Å². The summed E-state index contributed by atoms with van der Waals surface area (Å²) in [6, 6.07) is 18.3. The van der Waals surface area contributed by atoms with E-state index in [0.29, 0.717) is 6.42 Å². The van der Waals surface area contributed by atoms with Crippen LogP contribution in [0.15, 0.2) is 54.6 Å². The summed E-state index contributed by atoms with van der Waals surface area (Å²) in [7, 11) is 0. The molecule has 2 aromatic carbocycles. The normalized spacial score (nSPS) is 11.8. The van der Waals surface area contributed by atoms with Gasteiger partial charge in [0.15, 0.2) is 0 Å². The summed E-state index contributed by atoms with van der Waals surface area (Å²) in [6.45, 7) is 2.06. The summed E-state index contributed by atoms with van der Waals surface area (Å²) in [6.07, 6.45) is 1.43. The highest BCUT2D eigenvalue weighted by molar-refractivity contribution is 5.55. The molecule has 2 aromatic rings. The highest BCUT2D eigenvalue weighted by Gasteiger charge is 2.09. The van der Waals surface area contributed by atoms with E-state index in [9.17, 15) is 4.79 Å². The third-order valence-corrected chi connectivity index (χ3v) is 2.93. The minimum atomic E-state index is 0.0337. The summed E-state index contributed by atoms with van der Waals surface area (Å²) < 4.78 is 0. The Morgan fingerprint density at radius 3 is 2.33 bits per heavy atom. The summed E-state index contributed by atoms with van der Waals surface area (Å²) >= 11 is 0. The van der Waals surface area contributed by atoms with Crippen LogP contribution in [-0.4, -0.2) is 6.29 Å². The Balaban J connectivity index is 2.16. The molecule has 0 aliphatic rings. The van der Waals surface area contributed by atoms with Gasteiger partial charge in [-0.05, 0) is 24.6 Å². The molecule has 18 heavy (non-hydrogen) atoms. The second-order valence-corrected chi connectivity index (χ2v) is 4.38. The molecule has 0 bridgehead atoms. The molecule has 0 aromatic heterocycles. The number of nitrogens with one attached hydrogen (secondary N) is 1. The number of hydrogen-bond donors (Lipinski definition) is 1. The number of anilines is 1. The van der Waals surface area contributed by atoms with Crippen LogP contribution in [0.25, 0.3) is 0 Å². The lowest BCUT2D eigenvalue weighted by molar-refractivity contribution is -0.108. The van der Waals surface area contributed by atoms with Crippen molar-refractivity contribution in [3.63, 3.8) is 0 Å². The van der Waals surface area contributed by atoms with Gasteiger partial charge < -0.3 is 10.1 Å². The first-order valence-corrected chi connectivity index (χ1v) is 6.11. The molecule has 92 valence electrons. The van der Waals surface area contributed by atoms with Crippen LogP contribution < -0.4 is 5.32 Å². The van der Waals surface area contributed by atoms with E-state index in [4.69, 9.17) is 0 Å². The first kappa shape index (κ1) is 12.4. The van der Waals surface area contributed by atoms with Gasteiger partial charge in [0, 0.05) is 12.1 Å². The molecule has 2 rings (SSSR count). The lowest BCUT2D eigenvalue weighted by atomic mass is 10.0. The maximum Gasteiger partial charge on any atom is 0.122 e. The molecule has 2 nitrogen and oxygen atoms in total. The van der Waals surface area contributed by atoms with E-state index >= 15 is 0 Å². The molecule has 0 aliphatic carbocycles. The van der Waals surface area contributed by atoms with E-state index < -0.39 is 0 Å². The number of aldehydes is 1. The number of carbonyl (C=O) groups is 1. The largest absolute Gasteiger partial charge is 0.378 e. The predicted octanol–water partition coefficient (Wildman–Crippen LogP) is 3.74. The van der Waals surface area contributed by atoms with Crippen molar-refractivity contribution in [2.75, 3.05) is 5.32 Å². The van der Waals surface area contributed by atoms with Gasteiger partial charge in [0.25, 0.3) is 0 Å². The highest BCUT2D eigenvalue weighted by atomic mass is 16.1. The standard InChI is InChI=1S/C16H17NO/c1-13-7-9-15(10-8-13)17-16(11-12-18)14-5-3-2-4-6-14/h2-10,12,16-17H,11H2,1H3/t16-/m1/s1. The van der Waals surface area contributed by atoms with Crippen molar-refractivity contribution in [3.8, 4) is 0 Å². The molecule has 1 N–H and O–H groups in total. The molecule has 0 amide bonds.